The SMILES string of the molecule is O=c1cc(NCC2CCCO2)nc[nH]1. The van der Waals surface area contributed by atoms with Gasteiger partial charge in [0.05, 0.1) is 12.4 Å². The van der Waals surface area contributed by atoms with Crippen molar-refractivity contribution in [2.45, 2.75) is 18.9 Å². The number of hydrogen-bond acceptors (Lipinski definition) is 4. The zero-order valence-electron chi connectivity index (χ0n) is 7.82. The van der Waals surface area contributed by atoms with E-state index in [0.29, 0.717) is 5.82 Å². The largest absolute Gasteiger partial charge is 0.376 e. The maximum absolute atomic E-state index is 10.9. The van der Waals surface area contributed by atoms with E-state index in [4.69, 9.17) is 4.74 Å². The fourth-order valence-electron chi connectivity index (χ4n) is 1.49. The molecule has 1 aromatic heterocycles. The molecule has 1 aliphatic rings. The van der Waals surface area contributed by atoms with E-state index in [9.17, 15) is 4.79 Å². The van der Waals surface area contributed by atoms with Crippen LogP contribution in [0.3, 0.4) is 0 Å². The first-order valence-corrected chi connectivity index (χ1v) is 4.75. The molecule has 2 N–H and O–H groups in total. The van der Waals surface area contributed by atoms with E-state index in [1.54, 1.807) is 0 Å². The zero-order valence-corrected chi connectivity index (χ0v) is 7.82. The van der Waals surface area contributed by atoms with Crippen LogP contribution in [0, 0.1) is 0 Å². The molecular weight excluding hydrogens is 182 g/mol. The Hall–Kier alpha value is -1.36. The van der Waals surface area contributed by atoms with Crippen LogP contribution in [0.15, 0.2) is 17.2 Å². The molecule has 5 heteroatoms. The van der Waals surface area contributed by atoms with E-state index in [1.165, 1.54) is 12.4 Å². The van der Waals surface area contributed by atoms with Gasteiger partial charge in [0.15, 0.2) is 0 Å². The quantitative estimate of drug-likeness (QED) is 0.730. The molecule has 1 saturated heterocycles. The van der Waals surface area contributed by atoms with Crippen LogP contribution in [-0.2, 0) is 4.74 Å². The molecule has 1 unspecified atom stereocenters. The molecule has 1 aliphatic heterocycles. The Bertz CT molecular complexity index is 344. The van der Waals surface area contributed by atoms with Gasteiger partial charge in [-0.3, -0.25) is 4.79 Å². The van der Waals surface area contributed by atoms with E-state index >= 15 is 0 Å². The highest BCUT2D eigenvalue weighted by Crippen LogP contribution is 2.11. The summed E-state index contributed by atoms with van der Waals surface area (Å²) in [5.74, 6) is 0.601. The molecule has 2 heterocycles. The molecule has 2 rings (SSSR count). The normalized spacial score (nSPS) is 21.0. The maximum Gasteiger partial charge on any atom is 0.252 e. The van der Waals surface area contributed by atoms with Crippen molar-refractivity contribution in [2.75, 3.05) is 18.5 Å². The summed E-state index contributed by atoms with van der Waals surface area (Å²) in [6.07, 6.45) is 3.85. The molecule has 0 saturated carbocycles. The Labute approximate surface area is 81.5 Å². The molecule has 5 nitrogen and oxygen atoms in total. The lowest BCUT2D eigenvalue weighted by Gasteiger charge is -2.10. The molecule has 0 bridgehead atoms. The van der Waals surface area contributed by atoms with Crippen LogP contribution in [0.1, 0.15) is 12.8 Å². The van der Waals surface area contributed by atoms with Crippen molar-refractivity contribution in [3.8, 4) is 0 Å². The molecule has 0 amide bonds. The smallest absolute Gasteiger partial charge is 0.252 e. The van der Waals surface area contributed by atoms with Crippen molar-refractivity contribution in [1.82, 2.24) is 9.97 Å². The number of nitrogens with one attached hydrogen (secondary N) is 2. The van der Waals surface area contributed by atoms with Crippen molar-refractivity contribution >= 4 is 5.82 Å². The van der Waals surface area contributed by atoms with Crippen molar-refractivity contribution in [3.63, 3.8) is 0 Å². The molecule has 1 atom stereocenters. The minimum Gasteiger partial charge on any atom is -0.376 e. The number of rotatable bonds is 3. The van der Waals surface area contributed by atoms with E-state index in [1.807, 2.05) is 0 Å². The Balaban J connectivity index is 1.88. The summed E-state index contributed by atoms with van der Waals surface area (Å²) in [6.45, 7) is 1.56. The van der Waals surface area contributed by atoms with Crippen LogP contribution < -0.4 is 10.9 Å². The minimum absolute atomic E-state index is 0.144. The minimum atomic E-state index is -0.144. The average Bonchev–Trinajstić information content (AvgIpc) is 2.67. The average molecular weight is 195 g/mol. The molecule has 0 spiro atoms. The van der Waals surface area contributed by atoms with Gasteiger partial charge in [-0.2, -0.15) is 0 Å². The van der Waals surface area contributed by atoms with Gasteiger partial charge < -0.3 is 15.0 Å². The first-order valence-electron chi connectivity index (χ1n) is 4.75. The van der Waals surface area contributed by atoms with Gasteiger partial charge >= 0.3 is 0 Å². The van der Waals surface area contributed by atoms with Crippen molar-refractivity contribution < 1.29 is 4.74 Å². The molecule has 0 aliphatic carbocycles. The second-order valence-corrected chi connectivity index (χ2v) is 3.31. The lowest BCUT2D eigenvalue weighted by atomic mass is 10.2. The summed E-state index contributed by atoms with van der Waals surface area (Å²) in [6, 6.07) is 1.44. The summed E-state index contributed by atoms with van der Waals surface area (Å²) < 4.78 is 5.43. The summed E-state index contributed by atoms with van der Waals surface area (Å²) in [4.78, 5) is 17.4. The molecule has 1 aromatic rings. The number of anilines is 1. The molecule has 1 fully saturated rings. The Kier molecular flexibility index (Phi) is 2.78. The van der Waals surface area contributed by atoms with Gasteiger partial charge in [-0.05, 0) is 12.8 Å². The highest BCUT2D eigenvalue weighted by molar-refractivity contribution is 5.31. The van der Waals surface area contributed by atoms with Gasteiger partial charge in [0.2, 0.25) is 0 Å². The monoisotopic (exact) mass is 195 g/mol. The predicted octanol–water partition coefficient (Wildman–Crippen LogP) is 0.361. The Morgan fingerprint density at radius 2 is 2.64 bits per heavy atom. The fraction of sp³-hybridized carbons (Fsp3) is 0.556. The van der Waals surface area contributed by atoms with Crippen molar-refractivity contribution in [2.24, 2.45) is 0 Å². The molecule has 14 heavy (non-hydrogen) atoms. The molecule has 76 valence electrons. The number of aromatic amines is 1. The van der Waals surface area contributed by atoms with Crippen molar-refractivity contribution in [1.29, 1.82) is 0 Å². The Morgan fingerprint density at radius 1 is 1.71 bits per heavy atom. The van der Waals surface area contributed by atoms with Gasteiger partial charge in [-0.25, -0.2) is 4.98 Å². The van der Waals surface area contributed by atoms with Crippen LogP contribution in [0.2, 0.25) is 0 Å². The number of aromatic nitrogens is 2. The van der Waals surface area contributed by atoms with E-state index in [0.717, 1.165) is 26.0 Å². The summed E-state index contributed by atoms with van der Waals surface area (Å²) in [5, 5.41) is 3.07. The zero-order chi connectivity index (χ0) is 9.80. The van der Waals surface area contributed by atoms with Gasteiger partial charge in [-0.15, -0.1) is 0 Å². The number of H-pyrrole nitrogens is 1. The lowest BCUT2D eigenvalue weighted by Crippen LogP contribution is -2.20. The molecule has 0 radical (unpaired) electrons. The van der Waals surface area contributed by atoms with Crippen LogP contribution >= 0.6 is 0 Å². The number of hydrogen-bond donors (Lipinski definition) is 2. The second kappa shape index (κ2) is 4.23. The van der Waals surface area contributed by atoms with Crippen LogP contribution in [0.25, 0.3) is 0 Å². The predicted molar refractivity (Wildman–Crippen MR) is 52.3 cm³/mol. The van der Waals surface area contributed by atoms with Gasteiger partial charge in [0, 0.05) is 19.2 Å². The standard InChI is InChI=1S/C9H13N3O2/c13-9-4-8(11-6-12-9)10-5-7-2-1-3-14-7/h4,6-7H,1-3,5H2,(H2,10,11,12,13). The summed E-state index contributed by atoms with van der Waals surface area (Å²) in [5.41, 5.74) is -0.144. The maximum atomic E-state index is 10.9. The van der Waals surface area contributed by atoms with Gasteiger partial charge in [0.1, 0.15) is 5.82 Å². The van der Waals surface area contributed by atoms with E-state index in [-0.39, 0.29) is 11.7 Å². The number of ether oxygens (including phenoxy) is 1. The van der Waals surface area contributed by atoms with Gasteiger partial charge in [-0.1, -0.05) is 0 Å². The topological polar surface area (TPSA) is 67.0 Å². The van der Waals surface area contributed by atoms with E-state index < -0.39 is 0 Å². The van der Waals surface area contributed by atoms with Crippen LogP contribution in [-0.4, -0.2) is 29.2 Å². The fourth-order valence-corrected chi connectivity index (χ4v) is 1.49. The first kappa shape index (κ1) is 9.21. The highest BCUT2D eigenvalue weighted by Gasteiger charge is 2.14. The van der Waals surface area contributed by atoms with Crippen LogP contribution in [0.5, 0.6) is 0 Å². The van der Waals surface area contributed by atoms with Crippen LogP contribution in [0.4, 0.5) is 5.82 Å². The molecular formula is C9H13N3O2. The third kappa shape index (κ3) is 2.32. The van der Waals surface area contributed by atoms with Gasteiger partial charge in [0.25, 0.3) is 5.56 Å². The second-order valence-electron chi connectivity index (χ2n) is 3.31. The third-order valence-corrected chi connectivity index (χ3v) is 2.21. The van der Waals surface area contributed by atoms with Crippen molar-refractivity contribution in [3.05, 3.63) is 22.7 Å². The summed E-state index contributed by atoms with van der Waals surface area (Å²) in [7, 11) is 0. The third-order valence-electron chi connectivity index (χ3n) is 2.21. The summed E-state index contributed by atoms with van der Waals surface area (Å²) >= 11 is 0. The Morgan fingerprint density at radius 3 is 3.36 bits per heavy atom. The van der Waals surface area contributed by atoms with E-state index in [2.05, 4.69) is 15.3 Å². The lowest BCUT2D eigenvalue weighted by molar-refractivity contribution is 0.120. The molecule has 0 aromatic carbocycles. The number of nitrogens with zero attached hydrogens (tertiary/aromatic N) is 1. The highest BCUT2D eigenvalue weighted by atomic mass is 16.5. The first-order chi connectivity index (χ1) is 6.84.